The van der Waals surface area contributed by atoms with E-state index in [1.54, 1.807) is 24.3 Å². The first-order valence-corrected chi connectivity index (χ1v) is 11.8. The second kappa shape index (κ2) is 8.35. The molecule has 1 aliphatic heterocycles. The summed E-state index contributed by atoms with van der Waals surface area (Å²) in [6, 6.07) is 14.4. The molecule has 0 radical (unpaired) electrons. The summed E-state index contributed by atoms with van der Waals surface area (Å²) >= 11 is 0. The van der Waals surface area contributed by atoms with Crippen molar-refractivity contribution in [1.82, 2.24) is 9.88 Å². The molecule has 1 atom stereocenters. The molecule has 174 valence electrons. The zero-order valence-electron chi connectivity index (χ0n) is 19.8. The molecule has 1 aliphatic carbocycles. The minimum atomic E-state index is -0.430. The van der Waals surface area contributed by atoms with Crippen molar-refractivity contribution in [1.29, 1.82) is 0 Å². The monoisotopic (exact) mass is 456 g/mol. The number of amides is 2. The van der Waals surface area contributed by atoms with Gasteiger partial charge in [-0.15, -0.1) is 0 Å². The Morgan fingerprint density at radius 1 is 1.03 bits per heavy atom. The number of carbonyl (C=O) groups excluding carboxylic acids is 3. The number of carbonyl (C=O) groups is 3. The van der Waals surface area contributed by atoms with Crippen LogP contribution in [0.25, 0.3) is 10.9 Å². The summed E-state index contributed by atoms with van der Waals surface area (Å²) in [4.78, 5) is 44.6. The van der Waals surface area contributed by atoms with Crippen molar-refractivity contribution in [2.24, 2.45) is 11.3 Å². The van der Waals surface area contributed by atoms with E-state index in [0.29, 0.717) is 22.6 Å². The van der Waals surface area contributed by atoms with Crippen LogP contribution in [0.15, 0.2) is 48.5 Å². The average molecular weight is 457 g/mol. The highest BCUT2D eigenvalue weighted by Gasteiger charge is 2.36. The second-order valence-corrected chi connectivity index (χ2v) is 10.2. The lowest BCUT2D eigenvalue weighted by molar-refractivity contribution is 0.0420. The Morgan fingerprint density at radius 2 is 1.68 bits per heavy atom. The molecular weight excluding hydrogens is 428 g/mol. The Kier molecular flexibility index (Phi) is 5.47. The maximum absolute atomic E-state index is 13.4. The van der Waals surface area contributed by atoms with E-state index in [4.69, 9.17) is 9.72 Å². The van der Waals surface area contributed by atoms with E-state index >= 15 is 0 Å². The van der Waals surface area contributed by atoms with Crippen molar-refractivity contribution >= 4 is 28.7 Å². The van der Waals surface area contributed by atoms with Crippen LogP contribution in [0.5, 0.6) is 0 Å². The third kappa shape index (κ3) is 3.77. The van der Waals surface area contributed by atoms with E-state index in [2.05, 4.69) is 20.8 Å². The molecule has 5 rings (SSSR count). The molecule has 34 heavy (non-hydrogen) atoms. The van der Waals surface area contributed by atoms with Gasteiger partial charge in [-0.2, -0.15) is 0 Å². The standard InChI is InChI=1S/C28H28N2O4/c1-28(2,3)17-12-13-23-21(16-17)24(20-10-6-7-11-22(20)29-23)27(33)34-15-14-30-25(31)18-8-4-5-9-19(18)26(30)32/h4-11,17H,12-16H2,1-3H3. The predicted octanol–water partition coefficient (Wildman–Crippen LogP) is 4.84. The molecule has 3 aromatic rings. The number of ether oxygens (including phenoxy) is 1. The van der Waals surface area contributed by atoms with Gasteiger partial charge in [-0.3, -0.25) is 19.5 Å². The zero-order valence-corrected chi connectivity index (χ0v) is 19.8. The Labute approximate surface area is 198 Å². The van der Waals surface area contributed by atoms with Crippen LogP contribution in [0.3, 0.4) is 0 Å². The predicted molar refractivity (Wildman–Crippen MR) is 129 cm³/mol. The van der Waals surface area contributed by atoms with Gasteiger partial charge in [-0.05, 0) is 54.4 Å². The highest BCUT2D eigenvalue weighted by Crippen LogP contribution is 2.39. The first kappa shape index (κ1) is 22.3. The number of para-hydroxylation sites is 1. The highest BCUT2D eigenvalue weighted by atomic mass is 16.5. The van der Waals surface area contributed by atoms with Crippen molar-refractivity contribution in [3.63, 3.8) is 0 Å². The molecule has 0 saturated carbocycles. The van der Waals surface area contributed by atoms with Crippen LogP contribution in [-0.2, 0) is 17.6 Å². The molecule has 6 nitrogen and oxygen atoms in total. The molecule has 0 bridgehead atoms. The molecule has 2 aromatic carbocycles. The number of hydrogen-bond acceptors (Lipinski definition) is 5. The third-order valence-corrected chi connectivity index (χ3v) is 7.11. The highest BCUT2D eigenvalue weighted by molar-refractivity contribution is 6.21. The third-order valence-electron chi connectivity index (χ3n) is 7.11. The van der Waals surface area contributed by atoms with Crippen LogP contribution >= 0.6 is 0 Å². The first-order valence-electron chi connectivity index (χ1n) is 11.8. The van der Waals surface area contributed by atoms with E-state index in [1.807, 2.05) is 24.3 Å². The summed E-state index contributed by atoms with van der Waals surface area (Å²) < 4.78 is 5.67. The fourth-order valence-corrected chi connectivity index (χ4v) is 5.10. The Hall–Kier alpha value is -3.54. The minimum Gasteiger partial charge on any atom is -0.460 e. The first-order chi connectivity index (χ1) is 16.3. The number of imide groups is 1. The van der Waals surface area contributed by atoms with Crippen LogP contribution in [0.4, 0.5) is 0 Å². The molecule has 0 saturated heterocycles. The van der Waals surface area contributed by atoms with Gasteiger partial charge >= 0.3 is 5.97 Å². The minimum absolute atomic E-state index is 0.0217. The Balaban J connectivity index is 1.39. The van der Waals surface area contributed by atoms with Crippen LogP contribution in [-0.4, -0.2) is 40.8 Å². The van der Waals surface area contributed by atoms with E-state index in [1.165, 1.54) is 0 Å². The fourth-order valence-electron chi connectivity index (χ4n) is 5.10. The van der Waals surface area contributed by atoms with Gasteiger partial charge in [0, 0.05) is 11.1 Å². The second-order valence-electron chi connectivity index (χ2n) is 10.2. The number of nitrogens with zero attached hydrogens (tertiary/aromatic N) is 2. The van der Waals surface area contributed by atoms with Crippen LogP contribution in [0.2, 0.25) is 0 Å². The zero-order chi connectivity index (χ0) is 24.0. The van der Waals surface area contributed by atoms with Crippen molar-refractivity contribution in [2.75, 3.05) is 13.2 Å². The van der Waals surface area contributed by atoms with Gasteiger partial charge in [-0.1, -0.05) is 51.1 Å². The van der Waals surface area contributed by atoms with E-state index in [0.717, 1.165) is 46.3 Å². The maximum atomic E-state index is 13.4. The van der Waals surface area contributed by atoms with E-state index in [-0.39, 0.29) is 30.4 Å². The van der Waals surface area contributed by atoms with Gasteiger partial charge in [0.05, 0.1) is 28.8 Å². The van der Waals surface area contributed by atoms with Crippen molar-refractivity contribution in [2.45, 2.75) is 40.0 Å². The normalized spacial score (nSPS) is 17.6. The lowest BCUT2D eigenvalue weighted by Gasteiger charge is -2.35. The summed E-state index contributed by atoms with van der Waals surface area (Å²) in [6.07, 6.45) is 2.65. The molecule has 0 spiro atoms. The summed E-state index contributed by atoms with van der Waals surface area (Å²) in [5.74, 6) is -0.693. The van der Waals surface area contributed by atoms with Gasteiger partial charge in [0.15, 0.2) is 0 Å². The van der Waals surface area contributed by atoms with E-state index in [9.17, 15) is 14.4 Å². The molecule has 2 amide bonds. The van der Waals surface area contributed by atoms with Crippen molar-refractivity contribution < 1.29 is 19.1 Å². The summed E-state index contributed by atoms with van der Waals surface area (Å²) in [5, 5.41) is 0.779. The van der Waals surface area contributed by atoms with Crippen molar-refractivity contribution in [3.8, 4) is 0 Å². The molecule has 2 aliphatic rings. The summed E-state index contributed by atoms with van der Waals surface area (Å²) in [7, 11) is 0. The van der Waals surface area contributed by atoms with Crippen LogP contribution < -0.4 is 0 Å². The Bertz CT molecular complexity index is 1290. The molecule has 0 N–H and O–H groups in total. The molecule has 1 aromatic heterocycles. The van der Waals surface area contributed by atoms with Gasteiger partial charge in [0.25, 0.3) is 11.8 Å². The van der Waals surface area contributed by atoms with Gasteiger partial charge in [0.1, 0.15) is 6.61 Å². The molecule has 0 fully saturated rings. The summed E-state index contributed by atoms with van der Waals surface area (Å²) in [5.41, 5.74) is 4.18. The SMILES string of the molecule is CC(C)(C)C1CCc2nc3ccccc3c(C(=O)OCCN3C(=O)c4ccccc4C3=O)c2C1. The van der Waals surface area contributed by atoms with Crippen LogP contribution in [0.1, 0.15) is 69.5 Å². The molecule has 2 heterocycles. The van der Waals surface area contributed by atoms with Gasteiger partial charge < -0.3 is 4.74 Å². The molecule has 6 heteroatoms. The fraction of sp³-hybridized carbons (Fsp3) is 0.357. The number of rotatable bonds is 4. The molecular formula is C28H28N2O4. The van der Waals surface area contributed by atoms with Crippen molar-refractivity contribution in [3.05, 3.63) is 76.5 Å². The summed E-state index contributed by atoms with van der Waals surface area (Å²) in [6.45, 7) is 6.66. The topological polar surface area (TPSA) is 76.6 Å². The quantitative estimate of drug-likeness (QED) is 0.415. The van der Waals surface area contributed by atoms with Crippen LogP contribution in [0, 0.1) is 11.3 Å². The largest absolute Gasteiger partial charge is 0.460 e. The smallest absolute Gasteiger partial charge is 0.339 e. The lowest BCUT2D eigenvalue weighted by atomic mass is 9.70. The van der Waals surface area contributed by atoms with Gasteiger partial charge in [0.2, 0.25) is 0 Å². The average Bonchev–Trinajstić information content (AvgIpc) is 3.06. The number of pyridine rings is 1. The number of esters is 1. The van der Waals surface area contributed by atoms with Gasteiger partial charge in [-0.25, -0.2) is 4.79 Å². The van der Waals surface area contributed by atoms with E-state index < -0.39 is 5.97 Å². The number of aryl methyl sites for hydroxylation is 1. The maximum Gasteiger partial charge on any atom is 0.339 e. The number of hydrogen-bond donors (Lipinski definition) is 0. The number of fused-ring (bicyclic) bond motifs is 3. The molecule has 1 unspecified atom stereocenters. The lowest BCUT2D eigenvalue weighted by Crippen LogP contribution is -2.34. The Morgan fingerprint density at radius 3 is 2.35 bits per heavy atom. The number of aromatic nitrogens is 1. The number of benzene rings is 2.